The average Bonchev–Trinajstić information content (AvgIpc) is 2.78. The van der Waals surface area contributed by atoms with Gasteiger partial charge in [0, 0.05) is 6.07 Å². The first-order valence-corrected chi connectivity index (χ1v) is 5.33. The molecule has 0 aliphatic heterocycles. The quantitative estimate of drug-likeness (QED) is 0.942. The zero-order valence-corrected chi connectivity index (χ0v) is 10.2. The zero-order chi connectivity index (χ0) is 14.9. The summed E-state index contributed by atoms with van der Waals surface area (Å²) in [5, 5.41) is 15.5. The molecule has 1 heterocycles. The highest BCUT2D eigenvalue weighted by molar-refractivity contribution is 6.34. The Balaban J connectivity index is 2.58. The number of halogens is 4. The number of ether oxygens (including phenoxy) is 1. The predicted octanol–water partition coefficient (Wildman–Crippen LogP) is 2.52. The van der Waals surface area contributed by atoms with Gasteiger partial charge in [-0.25, -0.2) is 4.79 Å². The SMILES string of the molecule is O=C(O)c1c(Cl)cc(-n2cnnc2)cc1OC(F)(F)F. The number of carboxylic acid groups (broad SMARTS) is 1. The second kappa shape index (κ2) is 5.00. The normalized spacial score (nSPS) is 11.4. The van der Waals surface area contributed by atoms with Crippen LogP contribution in [-0.4, -0.2) is 32.2 Å². The van der Waals surface area contributed by atoms with Crippen molar-refractivity contribution in [3.63, 3.8) is 0 Å². The molecular formula is C10H5ClF3N3O3. The minimum atomic E-state index is -5.04. The van der Waals surface area contributed by atoms with Gasteiger partial charge in [0.1, 0.15) is 24.0 Å². The Morgan fingerprint density at radius 1 is 1.30 bits per heavy atom. The molecule has 20 heavy (non-hydrogen) atoms. The summed E-state index contributed by atoms with van der Waals surface area (Å²) in [5.74, 6) is -2.55. The summed E-state index contributed by atoms with van der Waals surface area (Å²) in [5.41, 5.74) is -0.648. The monoisotopic (exact) mass is 307 g/mol. The van der Waals surface area contributed by atoms with Crippen LogP contribution in [0.5, 0.6) is 5.75 Å². The second-order valence-electron chi connectivity index (χ2n) is 3.52. The maximum absolute atomic E-state index is 12.3. The van der Waals surface area contributed by atoms with Gasteiger partial charge in [-0.1, -0.05) is 11.6 Å². The average molecular weight is 308 g/mol. The maximum Gasteiger partial charge on any atom is 0.573 e. The fourth-order valence-corrected chi connectivity index (χ4v) is 1.75. The molecule has 2 rings (SSSR count). The van der Waals surface area contributed by atoms with Gasteiger partial charge in [0.15, 0.2) is 0 Å². The van der Waals surface area contributed by atoms with Crippen molar-refractivity contribution in [1.29, 1.82) is 0 Å². The molecule has 1 N–H and O–H groups in total. The summed E-state index contributed by atoms with van der Waals surface area (Å²) < 4.78 is 41.8. The lowest BCUT2D eigenvalue weighted by Gasteiger charge is -2.14. The first kappa shape index (κ1) is 14.1. The Morgan fingerprint density at radius 2 is 1.90 bits per heavy atom. The van der Waals surface area contributed by atoms with E-state index in [0.717, 1.165) is 12.1 Å². The van der Waals surface area contributed by atoms with Crippen molar-refractivity contribution in [2.45, 2.75) is 6.36 Å². The molecule has 10 heteroatoms. The van der Waals surface area contributed by atoms with Crippen LogP contribution in [0.25, 0.3) is 5.69 Å². The number of nitrogens with zero attached hydrogens (tertiary/aromatic N) is 3. The lowest BCUT2D eigenvalue weighted by molar-refractivity contribution is -0.274. The van der Waals surface area contributed by atoms with E-state index in [9.17, 15) is 18.0 Å². The number of aromatic nitrogens is 3. The van der Waals surface area contributed by atoms with E-state index in [2.05, 4.69) is 14.9 Å². The Kier molecular flexibility index (Phi) is 3.53. The Bertz CT molecular complexity index is 643. The van der Waals surface area contributed by atoms with Gasteiger partial charge in [-0.05, 0) is 6.07 Å². The summed E-state index contributed by atoms with van der Waals surface area (Å²) in [6, 6.07) is 2.05. The van der Waals surface area contributed by atoms with Gasteiger partial charge in [0.25, 0.3) is 0 Å². The van der Waals surface area contributed by atoms with E-state index in [4.69, 9.17) is 16.7 Å². The number of hydrogen-bond donors (Lipinski definition) is 1. The van der Waals surface area contributed by atoms with E-state index in [1.165, 1.54) is 17.2 Å². The molecule has 0 radical (unpaired) electrons. The fraction of sp³-hybridized carbons (Fsp3) is 0.100. The Morgan fingerprint density at radius 3 is 2.40 bits per heavy atom. The van der Waals surface area contributed by atoms with Crippen molar-refractivity contribution in [3.05, 3.63) is 35.4 Å². The number of rotatable bonds is 3. The third-order valence-electron chi connectivity index (χ3n) is 2.20. The molecule has 0 unspecified atom stereocenters. The van der Waals surface area contributed by atoms with E-state index in [0.29, 0.717) is 0 Å². The lowest BCUT2D eigenvalue weighted by Crippen LogP contribution is -2.19. The molecule has 0 aliphatic rings. The van der Waals surface area contributed by atoms with Crippen molar-refractivity contribution in [3.8, 4) is 11.4 Å². The van der Waals surface area contributed by atoms with E-state index in [-0.39, 0.29) is 5.69 Å². The molecule has 0 amide bonds. The molecule has 1 aromatic carbocycles. The molecular weight excluding hydrogens is 303 g/mol. The molecule has 0 atom stereocenters. The summed E-state index contributed by atoms with van der Waals surface area (Å²) >= 11 is 5.69. The first-order chi connectivity index (χ1) is 9.28. The smallest absolute Gasteiger partial charge is 0.478 e. The number of alkyl halides is 3. The van der Waals surface area contributed by atoms with Gasteiger partial charge >= 0.3 is 12.3 Å². The number of carbonyl (C=O) groups is 1. The number of benzene rings is 1. The molecule has 0 bridgehead atoms. The van der Waals surface area contributed by atoms with Crippen LogP contribution in [0.4, 0.5) is 13.2 Å². The standard InChI is InChI=1S/C10H5ClF3N3O3/c11-6-1-5(17-3-15-16-4-17)2-7(8(6)9(18)19)20-10(12,13)14/h1-4H,(H,18,19). The van der Waals surface area contributed by atoms with Crippen molar-refractivity contribution < 1.29 is 27.8 Å². The third-order valence-corrected chi connectivity index (χ3v) is 2.49. The van der Waals surface area contributed by atoms with Crippen molar-refractivity contribution in [1.82, 2.24) is 14.8 Å². The highest BCUT2D eigenvalue weighted by atomic mass is 35.5. The van der Waals surface area contributed by atoms with Gasteiger partial charge < -0.3 is 9.84 Å². The van der Waals surface area contributed by atoms with Crippen LogP contribution in [-0.2, 0) is 0 Å². The van der Waals surface area contributed by atoms with E-state index in [1.54, 1.807) is 0 Å². The zero-order valence-electron chi connectivity index (χ0n) is 9.43. The number of carboxylic acids is 1. The maximum atomic E-state index is 12.3. The lowest BCUT2D eigenvalue weighted by atomic mass is 10.1. The van der Waals surface area contributed by atoms with Crippen LogP contribution in [0, 0.1) is 0 Å². The molecule has 0 fully saturated rings. The van der Waals surface area contributed by atoms with Crippen LogP contribution >= 0.6 is 11.6 Å². The number of aromatic carboxylic acids is 1. The minimum absolute atomic E-state index is 0.129. The van der Waals surface area contributed by atoms with Gasteiger partial charge in [-0.3, -0.25) is 4.57 Å². The Labute approximate surface area is 114 Å². The fourth-order valence-electron chi connectivity index (χ4n) is 1.46. The van der Waals surface area contributed by atoms with Crippen molar-refractivity contribution >= 4 is 17.6 Å². The summed E-state index contributed by atoms with van der Waals surface area (Å²) in [6.07, 6.45) is -2.62. The van der Waals surface area contributed by atoms with Crippen LogP contribution in [0.1, 0.15) is 10.4 Å². The van der Waals surface area contributed by atoms with Crippen molar-refractivity contribution in [2.24, 2.45) is 0 Å². The molecule has 0 aliphatic carbocycles. The topological polar surface area (TPSA) is 77.2 Å². The van der Waals surface area contributed by atoms with Gasteiger partial charge in [0.2, 0.25) is 0 Å². The molecule has 1 aromatic heterocycles. The van der Waals surface area contributed by atoms with Crippen LogP contribution < -0.4 is 4.74 Å². The molecule has 106 valence electrons. The van der Waals surface area contributed by atoms with Gasteiger partial charge in [-0.15, -0.1) is 23.4 Å². The Hall–Kier alpha value is -2.29. The highest BCUT2D eigenvalue weighted by Gasteiger charge is 2.34. The molecule has 0 saturated heterocycles. The minimum Gasteiger partial charge on any atom is -0.478 e. The van der Waals surface area contributed by atoms with Crippen molar-refractivity contribution in [2.75, 3.05) is 0 Å². The molecule has 0 saturated carbocycles. The van der Waals surface area contributed by atoms with Gasteiger partial charge in [-0.2, -0.15) is 0 Å². The second-order valence-corrected chi connectivity index (χ2v) is 3.93. The first-order valence-electron chi connectivity index (χ1n) is 4.95. The predicted molar refractivity (Wildman–Crippen MR) is 60.0 cm³/mol. The summed E-state index contributed by atoms with van der Waals surface area (Å²) in [6.45, 7) is 0. The molecule has 0 spiro atoms. The van der Waals surface area contributed by atoms with E-state index >= 15 is 0 Å². The van der Waals surface area contributed by atoms with Crippen LogP contribution in [0.2, 0.25) is 5.02 Å². The van der Waals surface area contributed by atoms with E-state index in [1.807, 2.05) is 0 Å². The van der Waals surface area contributed by atoms with Crippen LogP contribution in [0.15, 0.2) is 24.8 Å². The van der Waals surface area contributed by atoms with E-state index < -0.39 is 28.7 Å². The summed E-state index contributed by atoms with van der Waals surface area (Å²) in [4.78, 5) is 11.0. The molecule has 6 nitrogen and oxygen atoms in total. The largest absolute Gasteiger partial charge is 0.573 e. The van der Waals surface area contributed by atoms with Crippen LogP contribution in [0.3, 0.4) is 0 Å². The third kappa shape index (κ3) is 2.99. The highest BCUT2D eigenvalue weighted by Crippen LogP contribution is 2.33. The molecule has 2 aromatic rings. The number of hydrogen-bond acceptors (Lipinski definition) is 4. The van der Waals surface area contributed by atoms with Gasteiger partial charge in [0.05, 0.1) is 10.7 Å². The summed E-state index contributed by atoms with van der Waals surface area (Å²) in [7, 11) is 0.